The number of carbonyl (C=O) groups is 2. The molecule has 0 unspecified atom stereocenters. The number of hydrogen-bond donors (Lipinski definition) is 1. The third-order valence-electron chi connectivity index (χ3n) is 5.42. The molecular weight excluding hydrogens is 404 g/mol. The quantitative estimate of drug-likeness (QED) is 0.470. The second-order valence-corrected chi connectivity index (χ2v) is 7.72. The summed E-state index contributed by atoms with van der Waals surface area (Å²) in [6, 6.07) is 14.7. The number of rotatable bonds is 13. The fraction of sp³-hybridized carbons (Fsp3) is 0.462. The largest absolute Gasteiger partial charge is 0.497 e. The van der Waals surface area contributed by atoms with E-state index in [9.17, 15) is 9.59 Å². The van der Waals surface area contributed by atoms with Crippen LogP contribution >= 0.6 is 0 Å². The summed E-state index contributed by atoms with van der Waals surface area (Å²) in [4.78, 5) is 27.7. The van der Waals surface area contributed by atoms with Gasteiger partial charge in [-0.2, -0.15) is 0 Å². The van der Waals surface area contributed by atoms with Gasteiger partial charge in [-0.1, -0.05) is 51.5 Å². The number of amides is 2. The summed E-state index contributed by atoms with van der Waals surface area (Å²) in [5.74, 6) is 1.03. The van der Waals surface area contributed by atoms with Crippen molar-refractivity contribution in [3.8, 4) is 11.5 Å². The highest BCUT2D eigenvalue weighted by molar-refractivity contribution is 5.88. The highest BCUT2D eigenvalue weighted by atomic mass is 16.5. The molecule has 6 heteroatoms. The van der Waals surface area contributed by atoms with Crippen molar-refractivity contribution in [3.63, 3.8) is 0 Å². The lowest BCUT2D eigenvalue weighted by Crippen LogP contribution is -2.50. The molecule has 6 nitrogen and oxygen atoms in total. The lowest BCUT2D eigenvalue weighted by atomic mass is 10.1. The first-order chi connectivity index (χ1) is 15.5. The van der Waals surface area contributed by atoms with Gasteiger partial charge in [0, 0.05) is 13.1 Å². The number of aryl methyl sites for hydroxylation is 1. The number of unbranched alkanes of at least 4 members (excludes halogenated alkanes) is 1. The van der Waals surface area contributed by atoms with Gasteiger partial charge in [0.1, 0.15) is 17.5 Å². The number of methoxy groups -OCH3 is 1. The normalized spacial score (nSPS) is 11.5. The van der Waals surface area contributed by atoms with Crippen LogP contribution in [0.5, 0.6) is 11.5 Å². The second-order valence-electron chi connectivity index (χ2n) is 7.72. The molecular formula is C26H36N2O4. The van der Waals surface area contributed by atoms with Gasteiger partial charge in [-0.15, -0.1) is 0 Å². The van der Waals surface area contributed by atoms with Gasteiger partial charge < -0.3 is 19.7 Å². The van der Waals surface area contributed by atoms with Crippen molar-refractivity contribution >= 4 is 11.8 Å². The average molecular weight is 441 g/mol. The minimum Gasteiger partial charge on any atom is -0.497 e. The molecule has 0 saturated heterocycles. The van der Waals surface area contributed by atoms with E-state index in [1.165, 1.54) is 5.56 Å². The van der Waals surface area contributed by atoms with Gasteiger partial charge in [0.15, 0.2) is 6.61 Å². The molecule has 174 valence electrons. The van der Waals surface area contributed by atoms with E-state index in [0.717, 1.165) is 30.6 Å². The molecule has 0 radical (unpaired) electrons. The first-order valence-electron chi connectivity index (χ1n) is 11.4. The van der Waals surface area contributed by atoms with Crippen LogP contribution in [0.4, 0.5) is 0 Å². The number of carbonyl (C=O) groups excluding carboxylic acids is 2. The van der Waals surface area contributed by atoms with Crippen LogP contribution in [-0.4, -0.2) is 43.0 Å². The predicted molar refractivity (Wildman–Crippen MR) is 127 cm³/mol. The summed E-state index contributed by atoms with van der Waals surface area (Å²) >= 11 is 0. The maximum absolute atomic E-state index is 13.2. The zero-order chi connectivity index (χ0) is 23.3. The van der Waals surface area contributed by atoms with Crippen molar-refractivity contribution in [2.45, 2.75) is 59.0 Å². The van der Waals surface area contributed by atoms with Crippen LogP contribution in [0.3, 0.4) is 0 Å². The minimum absolute atomic E-state index is 0.125. The number of benzene rings is 2. The molecule has 0 saturated carbocycles. The van der Waals surface area contributed by atoms with Crippen molar-refractivity contribution in [2.24, 2.45) is 0 Å². The summed E-state index contributed by atoms with van der Waals surface area (Å²) in [5.41, 5.74) is 2.13. The van der Waals surface area contributed by atoms with Crippen LogP contribution in [-0.2, 0) is 22.6 Å². The Morgan fingerprint density at radius 1 is 0.938 bits per heavy atom. The Bertz CT molecular complexity index is 834. The van der Waals surface area contributed by atoms with E-state index >= 15 is 0 Å². The fourth-order valence-electron chi connectivity index (χ4n) is 3.40. The van der Waals surface area contributed by atoms with Gasteiger partial charge in [0.05, 0.1) is 7.11 Å². The Labute approximate surface area is 191 Å². The van der Waals surface area contributed by atoms with E-state index in [1.54, 1.807) is 12.0 Å². The molecule has 0 bridgehead atoms. The molecule has 2 aromatic rings. The Kier molecular flexibility index (Phi) is 10.6. The standard InChI is InChI=1S/C26H36N2O4/c1-5-8-17-27-26(30)24(7-3)28(18-21-11-13-22(31-4)14-12-21)25(29)19-32-23-15-9-20(6-2)10-16-23/h9-16,24H,5-8,17-19H2,1-4H3,(H,27,30)/t24-/m0/s1. The molecule has 0 heterocycles. The highest BCUT2D eigenvalue weighted by Gasteiger charge is 2.28. The van der Waals surface area contributed by atoms with Crippen molar-refractivity contribution in [3.05, 3.63) is 59.7 Å². The molecule has 1 atom stereocenters. The van der Waals surface area contributed by atoms with Crippen LogP contribution in [0, 0.1) is 0 Å². The molecule has 32 heavy (non-hydrogen) atoms. The van der Waals surface area contributed by atoms with Crippen molar-refractivity contribution in [2.75, 3.05) is 20.3 Å². The Hall–Kier alpha value is -3.02. The van der Waals surface area contributed by atoms with E-state index < -0.39 is 6.04 Å². The van der Waals surface area contributed by atoms with E-state index in [4.69, 9.17) is 9.47 Å². The van der Waals surface area contributed by atoms with Gasteiger partial charge in [-0.05, 0) is 54.7 Å². The zero-order valence-corrected chi connectivity index (χ0v) is 19.7. The lowest BCUT2D eigenvalue weighted by Gasteiger charge is -2.30. The van der Waals surface area contributed by atoms with Gasteiger partial charge in [-0.3, -0.25) is 9.59 Å². The Balaban J connectivity index is 2.15. The van der Waals surface area contributed by atoms with Crippen LogP contribution in [0.2, 0.25) is 0 Å². The third-order valence-corrected chi connectivity index (χ3v) is 5.42. The summed E-state index contributed by atoms with van der Waals surface area (Å²) in [6.07, 6.45) is 3.37. The van der Waals surface area contributed by atoms with Crippen molar-refractivity contribution < 1.29 is 19.1 Å². The third kappa shape index (κ3) is 7.59. The SMILES string of the molecule is CCCCNC(=O)[C@H](CC)N(Cc1ccc(OC)cc1)C(=O)COc1ccc(CC)cc1. The van der Waals surface area contributed by atoms with Crippen molar-refractivity contribution in [1.82, 2.24) is 10.2 Å². The van der Waals surface area contributed by atoms with Crippen molar-refractivity contribution in [1.29, 1.82) is 0 Å². The molecule has 2 amide bonds. The maximum Gasteiger partial charge on any atom is 0.261 e. The second kappa shape index (κ2) is 13.4. The molecule has 2 aromatic carbocycles. The molecule has 0 spiro atoms. The predicted octanol–water partition coefficient (Wildman–Crippen LogP) is 4.36. The molecule has 0 aromatic heterocycles. The summed E-state index contributed by atoms with van der Waals surface area (Å²) < 4.78 is 11.0. The summed E-state index contributed by atoms with van der Waals surface area (Å²) in [6.45, 7) is 6.89. The monoisotopic (exact) mass is 440 g/mol. The maximum atomic E-state index is 13.2. The highest BCUT2D eigenvalue weighted by Crippen LogP contribution is 2.17. The molecule has 1 N–H and O–H groups in total. The van der Waals surface area contributed by atoms with E-state index in [-0.39, 0.29) is 18.4 Å². The first kappa shape index (κ1) is 25.2. The Morgan fingerprint density at radius 2 is 1.56 bits per heavy atom. The molecule has 0 fully saturated rings. The van der Waals surface area contributed by atoms with E-state index in [1.807, 2.05) is 55.5 Å². The molecule has 2 rings (SSSR count). The van der Waals surface area contributed by atoms with Gasteiger partial charge in [0.25, 0.3) is 5.91 Å². The first-order valence-corrected chi connectivity index (χ1v) is 11.4. The number of hydrogen-bond acceptors (Lipinski definition) is 4. The fourth-order valence-corrected chi connectivity index (χ4v) is 3.40. The Morgan fingerprint density at radius 3 is 2.12 bits per heavy atom. The summed E-state index contributed by atoms with van der Waals surface area (Å²) in [7, 11) is 1.61. The van der Waals surface area contributed by atoms with Crippen LogP contribution < -0.4 is 14.8 Å². The number of nitrogens with one attached hydrogen (secondary N) is 1. The smallest absolute Gasteiger partial charge is 0.261 e. The zero-order valence-electron chi connectivity index (χ0n) is 19.7. The van der Waals surface area contributed by atoms with E-state index in [0.29, 0.717) is 25.3 Å². The lowest BCUT2D eigenvalue weighted by molar-refractivity contribution is -0.143. The molecule has 0 aliphatic carbocycles. The van der Waals surface area contributed by atoms with Gasteiger partial charge in [0.2, 0.25) is 5.91 Å². The van der Waals surface area contributed by atoms with Gasteiger partial charge in [-0.25, -0.2) is 0 Å². The molecule has 0 aliphatic rings. The van der Waals surface area contributed by atoms with Crippen LogP contribution in [0.25, 0.3) is 0 Å². The molecule has 0 aliphatic heterocycles. The van der Waals surface area contributed by atoms with E-state index in [2.05, 4.69) is 19.2 Å². The van der Waals surface area contributed by atoms with Gasteiger partial charge >= 0.3 is 0 Å². The topological polar surface area (TPSA) is 67.9 Å². The number of nitrogens with zero attached hydrogens (tertiary/aromatic N) is 1. The number of ether oxygens (including phenoxy) is 2. The summed E-state index contributed by atoms with van der Waals surface area (Å²) in [5, 5.41) is 2.97. The average Bonchev–Trinajstić information content (AvgIpc) is 2.83. The van der Waals surface area contributed by atoms with Crippen LogP contribution in [0.1, 0.15) is 51.2 Å². The minimum atomic E-state index is -0.562. The van der Waals surface area contributed by atoms with Crippen LogP contribution in [0.15, 0.2) is 48.5 Å².